The van der Waals surface area contributed by atoms with Crippen LogP contribution >= 0.6 is 0 Å². The van der Waals surface area contributed by atoms with Crippen LogP contribution in [0.25, 0.3) is 0 Å². The van der Waals surface area contributed by atoms with Crippen LogP contribution in [0.15, 0.2) is 18.2 Å². The van der Waals surface area contributed by atoms with Gasteiger partial charge in [-0.1, -0.05) is 12.1 Å². The molecule has 1 aliphatic rings. The first kappa shape index (κ1) is 11.9. The smallest absolute Gasteiger partial charge is 0.304 e. The fraction of sp³-hybridized carbons (Fsp3) is 0.462. The molecule has 1 saturated heterocycles. The van der Waals surface area contributed by atoms with E-state index < -0.39 is 5.97 Å². The molecule has 0 aromatic heterocycles. The summed E-state index contributed by atoms with van der Waals surface area (Å²) >= 11 is 0. The van der Waals surface area contributed by atoms with Crippen molar-refractivity contribution in [2.75, 3.05) is 20.3 Å². The summed E-state index contributed by atoms with van der Waals surface area (Å²) < 4.78 is 10.4. The van der Waals surface area contributed by atoms with Gasteiger partial charge < -0.3 is 14.6 Å². The number of hydrogen-bond acceptors (Lipinski definition) is 3. The Balaban J connectivity index is 2.31. The lowest BCUT2D eigenvalue weighted by molar-refractivity contribution is -0.145. The molecule has 17 heavy (non-hydrogen) atoms. The fourth-order valence-corrected chi connectivity index (χ4v) is 2.22. The Morgan fingerprint density at radius 3 is 2.65 bits per heavy atom. The van der Waals surface area contributed by atoms with Gasteiger partial charge >= 0.3 is 5.97 Å². The van der Waals surface area contributed by atoms with Crippen molar-refractivity contribution in [3.8, 4) is 5.75 Å². The number of carbonyl (C=O) groups is 1. The molecule has 4 heteroatoms. The highest BCUT2D eigenvalue weighted by Gasteiger charge is 2.42. The lowest BCUT2D eigenvalue weighted by Crippen LogP contribution is -2.48. The van der Waals surface area contributed by atoms with Crippen molar-refractivity contribution >= 4 is 5.97 Å². The Hall–Kier alpha value is -1.55. The van der Waals surface area contributed by atoms with Gasteiger partial charge in [0, 0.05) is 0 Å². The Kier molecular flexibility index (Phi) is 3.07. The second-order valence-corrected chi connectivity index (χ2v) is 4.53. The third-order valence-corrected chi connectivity index (χ3v) is 3.25. The molecule has 92 valence electrons. The first-order chi connectivity index (χ1) is 8.07. The maximum Gasteiger partial charge on any atom is 0.304 e. The van der Waals surface area contributed by atoms with Crippen molar-refractivity contribution in [3.63, 3.8) is 0 Å². The number of hydrogen-bond donors (Lipinski definition) is 1. The van der Waals surface area contributed by atoms with E-state index in [1.54, 1.807) is 7.11 Å². The molecule has 2 rings (SSSR count). The molecule has 0 spiro atoms. The summed E-state index contributed by atoms with van der Waals surface area (Å²) in [4.78, 5) is 10.9. The minimum atomic E-state index is -0.790. The summed E-state index contributed by atoms with van der Waals surface area (Å²) in [5, 5.41) is 8.97. The Morgan fingerprint density at radius 2 is 2.24 bits per heavy atom. The molecule has 0 saturated carbocycles. The quantitative estimate of drug-likeness (QED) is 0.865. The van der Waals surface area contributed by atoms with E-state index >= 15 is 0 Å². The molecule has 0 unspecified atom stereocenters. The molecule has 1 fully saturated rings. The van der Waals surface area contributed by atoms with E-state index in [0.717, 1.165) is 16.9 Å². The zero-order chi connectivity index (χ0) is 12.5. The lowest BCUT2D eigenvalue weighted by Gasteiger charge is -2.41. The summed E-state index contributed by atoms with van der Waals surface area (Å²) in [5.74, 6) is 0.0289. The van der Waals surface area contributed by atoms with Gasteiger partial charge in [-0.3, -0.25) is 4.79 Å². The molecule has 1 aromatic carbocycles. The van der Waals surface area contributed by atoms with E-state index in [0.29, 0.717) is 13.2 Å². The molecule has 0 amide bonds. The van der Waals surface area contributed by atoms with E-state index in [4.69, 9.17) is 14.6 Å². The highest BCUT2D eigenvalue weighted by Crippen LogP contribution is 2.37. The summed E-state index contributed by atoms with van der Waals surface area (Å²) in [7, 11) is 1.63. The lowest BCUT2D eigenvalue weighted by atomic mass is 9.75. The average Bonchev–Trinajstić information content (AvgIpc) is 2.23. The van der Waals surface area contributed by atoms with Crippen molar-refractivity contribution < 1.29 is 19.4 Å². The molecule has 4 nitrogen and oxygen atoms in total. The third kappa shape index (κ3) is 2.13. The zero-order valence-electron chi connectivity index (χ0n) is 10.0. The summed E-state index contributed by atoms with van der Waals surface area (Å²) in [6.07, 6.45) is 0.110. The third-order valence-electron chi connectivity index (χ3n) is 3.25. The second-order valence-electron chi connectivity index (χ2n) is 4.53. The van der Waals surface area contributed by atoms with E-state index in [2.05, 4.69) is 0 Å². The largest absolute Gasteiger partial charge is 0.496 e. The predicted molar refractivity (Wildman–Crippen MR) is 62.5 cm³/mol. The number of benzene rings is 1. The van der Waals surface area contributed by atoms with Gasteiger partial charge in [0.1, 0.15) is 5.75 Å². The zero-order valence-corrected chi connectivity index (χ0v) is 10.0. The van der Waals surface area contributed by atoms with Gasteiger partial charge in [0.25, 0.3) is 0 Å². The van der Waals surface area contributed by atoms with Gasteiger partial charge in [0.15, 0.2) is 0 Å². The normalized spacial score (nSPS) is 17.3. The average molecular weight is 236 g/mol. The second kappa shape index (κ2) is 4.37. The van der Waals surface area contributed by atoms with Crippen LogP contribution in [-0.4, -0.2) is 31.4 Å². The Bertz CT molecular complexity index is 435. The SMILES string of the molecule is COc1ccc(C2(CC(=O)O)COC2)cc1C. The topological polar surface area (TPSA) is 55.8 Å². The van der Waals surface area contributed by atoms with E-state index in [9.17, 15) is 4.79 Å². The molecule has 0 bridgehead atoms. The molecular formula is C13H16O4. The summed E-state index contributed by atoms with van der Waals surface area (Å²) in [6.45, 7) is 2.91. The first-order valence-corrected chi connectivity index (χ1v) is 5.52. The van der Waals surface area contributed by atoms with Crippen LogP contribution in [-0.2, 0) is 14.9 Å². The van der Waals surface area contributed by atoms with Gasteiger partial charge in [-0.2, -0.15) is 0 Å². The van der Waals surface area contributed by atoms with E-state index in [1.165, 1.54) is 0 Å². The fourth-order valence-electron chi connectivity index (χ4n) is 2.22. The van der Waals surface area contributed by atoms with Crippen molar-refractivity contribution in [2.45, 2.75) is 18.8 Å². The monoisotopic (exact) mass is 236 g/mol. The van der Waals surface area contributed by atoms with Crippen LogP contribution in [0.5, 0.6) is 5.75 Å². The number of rotatable bonds is 4. The number of ether oxygens (including phenoxy) is 2. The van der Waals surface area contributed by atoms with Gasteiger partial charge in [-0.15, -0.1) is 0 Å². The van der Waals surface area contributed by atoms with Crippen LogP contribution in [0.2, 0.25) is 0 Å². The maximum absolute atomic E-state index is 10.9. The number of carboxylic acid groups (broad SMARTS) is 1. The van der Waals surface area contributed by atoms with Crippen molar-refractivity contribution in [1.82, 2.24) is 0 Å². The molecule has 0 radical (unpaired) electrons. The maximum atomic E-state index is 10.9. The number of aliphatic carboxylic acids is 1. The highest BCUT2D eigenvalue weighted by atomic mass is 16.5. The molecule has 1 aromatic rings. The molecule has 0 aliphatic carbocycles. The number of carboxylic acids is 1. The van der Waals surface area contributed by atoms with Crippen LogP contribution < -0.4 is 4.74 Å². The molecule has 1 aliphatic heterocycles. The van der Waals surface area contributed by atoms with Crippen molar-refractivity contribution in [3.05, 3.63) is 29.3 Å². The molecule has 0 atom stereocenters. The van der Waals surface area contributed by atoms with Crippen molar-refractivity contribution in [2.24, 2.45) is 0 Å². The summed E-state index contributed by atoms with van der Waals surface area (Å²) in [6, 6.07) is 5.80. The van der Waals surface area contributed by atoms with Gasteiger partial charge in [0.05, 0.1) is 32.2 Å². The Labute approximate surface area is 100 Å². The standard InChI is InChI=1S/C13H16O4/c1-9-5-10(3-4-11(9)16-2)13(6-12(14)15)7-17-8-13/h3-5H,6-8H2,1-2H3,(H,14,15). The Morgan fingerprint density at radius 1 is 1.53 bits per heavy atom. The minimum absolute atomic E-state index is 0.110. The molecular weight excluding hydrogens is 220 g/mol. The molecule has 1 N–H and O–H groups in total. The van der Waals surface area contributed by atoms with Crippen molar-refractivity contribution in [1.29, 1.82) is 0 Å². The van der Waals surface area contributed by atoms with Gasteiger partial charge in [-0.25, -0.2) is 0 Å². The number of aryl methyl sites for hydroxylation is 1. The van der Waals surface area contributed by atoms with Crippen LogP contribution in [0.3, 0.4) is 0 Å². The van der Waals surface area contributed by atoms with Crippen LogP contribution in [0.1, 0.15) is 17.5 Å². The predicted octanol–water partition coefficient (Wildman–Crippen LogP) is 1.75. The summed E-state index contributed by atoms with van der Waals surface area (Å²) in [5.41, 5.74) is 1.68. The molecule has 1 heterocycles. The van der Waals surface area contributed by atoms with Gasteiger partial charge in [0.2, 0.25) is 0 Å². The van der Waals surface area contributed by atoms with Gasteiger partial charge in [-0.05, 0) is 24.1 Å². The number of methoxy groups -OCH3 is 1. The van der Waals surface area contributed by atoms with Crippen LogP contribution in [0, 0.1) is 6.92 Å². The van der Waals surface area contributed by atoms with Crippen LogP contribution in [0.4, 0.5) is 0 Å². The van der Waals surface area contributed by atoms with E-state index in [1.807, 2.05) is 25.1 Å². The van der Waals surface area contributed by atoms with E-state index in [-0.39, 0.29) is 11.8 Å². The minimum Gasteiger partial charge on any atom is -0.496 e. The highest BCUT2D eigenvalue weighted by molar-refractivity contribution is 5.69. The first-order valence-electron chi connectivity index (χ1n) is 5.52.